The van der Waals surface area contributed by atoms with Gasteiger partial charge in [-0.1, -0.05) is 0 Å². The number of nitrogens with one attached hydrogen (secondary N) is 2. The summed E-state index contributed by atoms with van der Waals surface area (Å²) >= 11 is 0. The molecular formula is C15H19N5O2. The normalized spacial score (nSPS) is 15.3. The zero-order valence-corrected chi connectivity index (χ0v) is 12.5. The molecule has 2 N–H and O–H groups in total. The molecule has 1 aliphatic heterocycles. The molecule has 0 saturated carbocycles. The van der Waals surface area contributed by atoms with Crippen molar-refractivity contribution in [3.05, 3.63) is 30.7 Å². The maximum atomic E-state index is 5.87. The van der Waals surface area contributed by atoms with Crippen LogP contribution in [0.3, 0.4) is 0 Å². The monoisotopic (exact) mass is 301 g/mol. The van der Waals surface area contributed by atoms with Crippen LogP contribution in [0.4, 0.5) is 17.3 Å². The first-order chi connectivity index (χ1) is 10.8. The predicted octanol–water partition coefficient (Wildman–Crippen LogP) is 2.21. The molecule has 0 unspecified atom stereocenters. The fourth-order valence-electron chi connectivity index (χ4n) is 2.20. The average Bonchev–Trinajstić information content (AvgIpc) is 2.57. The van der Waals surface area contributed by atoms with Gasteiger partial charge in [0, 0.05) is 26.0 Å². The van der Waals surface area contributed by atoms with Crippen LogP contribution >= 0.6 is 0 Å². The van der Waals surface area contributed by atoms with Gasteiger partial charge in [0.1, 0.15) is 24.1 Å². The molecule has 116 valence electrons. The Morgan fingerprint density at radius 3 is 2.73 bits per heavy atom. The minimum absolute atomic E-state index is 0.160. The second-order valence-electron chi connectivity index (χ2n) is 4.98. The number of hydrogen-bond donors (Lipinski definition) is 2. The van der Waals surface area contributed by atoms with Crippen LogP contribution in [0.5, 0.6) is 5.88 Å². The summed E-state index contributed by atoms with van der Waals surface area (Å²) < 4.78 is 11.2. The van der Waals surface area contributed by atoms with Crippen molar-refractivity contribution in [3.8, 4) is 5.88 Å². The molecule has 0 aromatic carbocycles. The molecule has 2 aromatic rings. The Labute approximate surface area is 129 Å². The molecule has 22 heavy (non-hydrogen) atoms. The topological polar surface area (TPSA) is 81.2 Å². The molecule has 1 fully saturated rings. The highest BCUT2D eigenvalue weighted by atomic mass is 16.5. The van der Waals surface area contributed by atoms with Crippen LogP contribution in [0.25, 0.3) is 0 Å². The van der Waals surface area contributed by atoms with E-state index in [1.807, 2.05) is 19.2 Å². The Hall–Kier alpha value is -2.41. The van der Waals surface area contributed by atoms with Crippen LogP contribution in [-0.2, 0) is 4.74 Å². The Balaban J connectivity index is 1.64. The van der Waals surface area contributed by atoms with Gasteiger partial charge < -0.3 is 20.1 Å². The fourth-order valence-corrected chi connectivity index (χ4v) is 2.20. The standard InChI is InChI=1S/C15H19N5O2/c1-16-13-3-2-11(9-17-13)20-14-8-15(19-10-18-14)22-12-4-6-21-7-5-12/h2-3,8-10,12H,4-7H2,1H3,(H,16,17)(H,18,19,20). The second kappa shape index (κ2) is 7.04. The van der Waals surface area contributed by atoms with Crippen molar-refractivity contribution in [2.75, 3.05) is 30.9 Å². The van der Waals surface area contributed by atoms with Gasteiger partial charge in [0.15, 0.2) is 0 Å². The highest BCUT2D eigenvalue weighted by Crippen LogP contribution is 2.20. The number of hydrogen-bond acceptors (Lipinski definition) is 7. The number of rotatable bonds is 5. The molecule has 7 heteroatoms. The SMILES string of the molecule is CNc1ccc(Nc2cc(OC3CCOCC3)ncn2)cn1. The van der Waals surface area contributed by atoms with E-state index in [1.165, 1.54) is 6.33 Å². The molecule has 2 aromatic heterocycles. The highest BCUT2D eigenvalue weighted by molar-refractivity contribution is 5.57. The van der Waals surface area contributed by atoms with E-state index in [4.69, 9.17) is 9.47 Å². The lowest BCUT2D eigenvalue weighted by Gasteiger charge is -2.22. The van der Waals surface area contributed by atoms with E-state index in [0.29, 0.717) is 11.7 Å². The van der Waals surface area contributed by atoms with Gasteiger partial charge >= 0.3 is 0 Å². The van der Waals surface area contributed by atoms with Gasteiger partial charge in [-0.05, 0) is 12.1 Å². The van der Waals surface area contributed by atoms with Crippen LogP contribution in [0.1, 0.15) is 12.8 Å². The van der Waals surface area contributed by atoms with Gasteiger partial charge in [-0.25, -0.2) is 15.0 Å². The lowest BCUT2D eigenvalue weighted by Crippen LogP contribution is -2.26. The molecule has 0 bridgehead atoms. The molecule has 0 spiro atoms. The predicted molar refractivity (Wildman–Crippen MR) is 83.6 cm³/mol. The van der Waals surface area contributed by atoms with E-state index < -0.39 is 0 Å². The number of ether oxygens (including phenoxy) is 2. The third-order valence-corrected chi connectivity index (χ3v) is 3.39. The number of anilines is 3. The molecule has 1 aliphatic rings. The molecule has 1 saturated heterocycles. The van der Waals surface area contributed by atoms with Crippen molar-refractivity contribution in [2.45, 2.75) is 18.9 Å². The first-order valence-electron chi connectivity index (χ1n) is 7.31. The number of pyridine rings is 1. The summed E-state index contributed by atoms with van der Waals surface area (Å²) in [5, 5.41) is 6.16. The molecule has 0 radical (unpaired) electrons. The Morgan fingerprint density at radius 1 is 1.14 bits per heavy atom. The fraction of sp³-hybridized carbons (Fsp3) is 0.400. The van der Waals surface area contributed by atoms with Crippen LogP contribution in [0, 0.1) is 0 Å². The Bertz CT molecular complexity index is 599. The van der Waals surface area contributed by atoms with E-state index >= 15 is 0 Å². The average molecular weight is 301 g/mol. The number of aromatic nitrogens is 3. The van der Waals surface area contributed by atoms with E-state index in [2.05, 4.69) is 25.6 Å². The largest absolute Gasteiger partial charge is 0.474 e. The Kier molecular flexibility index (Phi) is 4.65. The van der Waals surface area contributed by atoms with Gasteiger partial charge in [0.2, 0.25) is 5.88 Å². The van der Waals surface area contributed by atoms with Gasteiger partial charge in [-0.2, -0.15) is 0 Å². The third-order valence-electron chi connectivity index (χ3n) is 3.39. The van der Waals surface area contributed by atoms with Crippen LogP contribution in [0.15, 0.2) is 30.7 Å². The maximum absolute atomic E-state index is 5.87. The molecule has 0 aliphatic carbocycles. The summed E-state index contributed by atoms with van der Waals surface area (Å²) in [6.45, 7) is 1.48. The molecule has 3 rings (SSSR count). The van der Waals surface area contributed by atoms with Gasteiger partial charge in [0.25, 0.3) is 0 Å². The zero-order chi connectivity index (χ0) is 15.2. The van der Waals surface area contributed by atoms with Crippen molar-refractivity contribution in [1.82, 2.24) is 15.0 Å². The van der Waals surface area contributed by atoms with Crippen molar-refractivity contribution >= 4 is 17.3 Å². The van der Waals surface area contributed by atoms with E-state index in [1.54, 1.807) is 12.3 Å². The van der Waals surface area contributed by atoms with Crippen LogP contribution < -0.4 is 15.4 Å². The zero-order valence-electron chi connectivity index (χ0n) is 12.5. The number of nitrogens with zero attached hydrogens (tertiary/aromatic N) is 3. The Morgan fingerprint density at radius 2 is 2.00 bits per heavy atom. The van der Waals surface area contributed by atoms with Crippen molar-refractivity contribution < 1.29 is 9.47 Å². The second-order valence-corrected chi connectivity index (χ2v) is 4.98. The van der Waals surface area contributed by atoms with Crippen molar-refractivity contribution in [2.24, 2.45) is 0 Å². The molecule has 0 amide bonds. The van der Waals surface area contributed by atoms with Gasteiger partial charge in [0.05, 0.1) is 25.1 Å². The summed E-state index contributed by atoms with van der Waals surface area (Å²) in [4.78, 5) is 12.6. The first kappa shape index (κ1) is 14.5. The van der Waals surface area contributed by atoms with Gasteiger partial charge in [-0.15, -0.1) is 0 Å². The van der Waals surface area contributed by atoms with Crippen molar-refractivity contribution in [3.63, 3.8) is 0 Å². The first-order valence-corrected chi connectivity index (χ1v) is 7.31. The van der Waals surface area contributed by atoms with Gasteiger partial charge in [-0.3, -0.25) is 0 Å². The summed E-state index contributed by atoms with van der Waals surface area (Å²) in [5.74, 6) is 2.07. The highest BCUT2D eigenvalue weighted by Gasteiger charge is 2.16. The van der Waals surface area contributed by atoms with Crippen LogP contribution in [-0.4, -0.2) is 41.3 Å². The van der Waals surface area contributed by atoms with E-state index in [9.17, 15) is 0 Å². The van der Waals surface area contributed by atoms with E-state index in [0.717, 1.165) is 37.6 Å². The van der Waals surface area contributed by atoms with Crippen LogP contribution in [0.2, 0.25) is 0 Å². The lowest BCUT2D eigenvalue weighted by atomic mass is 10.2. The lowest BCUT2D eigenvalue weighted by molar-refractivity contribution is 0.0237. The summed E-state index contributed by atoms with van der Waals surface area (Å²) in [6, 6.07) is 5.62. The minimum atomic E-state index is 0.160. The summed E-state index contributed by atoms with van der Waals surface area (Å²) in [5.41, 5.74) is 0.856. The molecular weight excluding hydrogens is 282 g/mol. The summed E-state index contributed by atoms with van der Waals surface area (Å²) in [6.07, 6.45) is 5.18. The van der Waals surface area contributed by atoms with Crippen molar-refractivity contribution in [1.29, 1.82) is 0 Å². The molecule has 7 nitrogen and oxygen atoms in total. The van der Waals surface area contributed by atoms with E-state index in [-0.39, 0.29) is 6.10 Å². The molecule has 3 heterocycles. The summed E-state index contributed by atoms with van der Waals surface area (Å²) in [7, 11) is 1.83. The molecule has 0 atom stereocenters. The third kappa shape index (κ3) is 3.82. The quantitative estimate of drug-likeness (QED) is 0.876. The smallest absolute Gasteiger partial charge is 0.218 e. The minimum Gasteiger partial charge on any atom is -0.474 e. The maximum Gasteiger partial charge on any atom is 0.218 e.